The van der Waals surface area contributed by atoms with Crippen LogP contribution in [0.4, 0.5) is 0 Å². The Labute approximate surface area is 233 Å². The molecule has 5 aromatic rings. The molecule has 3 heterocycles. The number of rotatable bonds is 9. The van der Waals surface area contributed by atoms with E-state index in [0.29, 0.717) is 43.6 Å². The molecule has 0 atom stereocenters. The van der Waals surface area contributed by atoms with Crippen LogP contribution < -0.4 is 0 Å². The van der Waals surface area contributed by atoms with E-state index in [0.717, 1.165) is 58.4 Å². The Morgan fingerprint density at radius 2 is 1.75 bits per heavy atom. The lowest BCUT2D eigenvalue weighted by atomic mass is 9.98. The molecule has 1 N–H and O–H groups in total. The van der Waals surface area contributed by atoms with E-state index in [1.807, 2.05) is 30.3 Å². The van der Waals surface area contributed by atoms with E-state index in [1.165, 1.54) is 4.31 Å². The zero-order valence-corrected chi connectivity index (χ0v) is 23.1. The lowest BCUT2D eigenvalue weighted by Gasteiger charge is -2.26. The van der Waals surface area contributed by atoms with E-state index in [9.17, 15) is 8.42 Å². The average Bonchev–Trinajstić information content (AvgIpc) is 3.65. The number of aromatic nitrogens is 6. The van der Waals surface area contributed by atoms with Gasteiger partial charge in [-0.25, -0.2) is 13.4 Å². The molecule has 10 nitrogen and oxygen atoms in total. The summed E-state index contributed by atoms with van der Waals surface area (Å²) in [5.41, 5.74) is 5.69. The lowest BCUT2D eigenvalue weighted by Crippen LogP contribution is -2.40. The van der Waals surface area contributed by atoms with E-state index >= 15 is 0 Å². The largest absolute Gasteiger partial charge is 0.379 e. The highest BCUT2D eigenvalue weighted by Crippen LogP contribution is 2.30. The first kappa shape index (κ1) is 26.3. The number of hydrogen-bond donors (Lipinski definition) is 1. The van der Waals surface area contributed by atoms with Gasteiger partial charge in [0.15, 0.2) is 0 Å². The number of H-pyrrole nitrogens is 1. The summed E-state index contributed by atoms with van der Waals surface area (Å²) in [6, 6.07) is 21.6. The average molecular weight is 558 g/mol. The molecule has 1 aliphatic heterocycles. The summed E-state index contributed by atoms with van der Waals surface area (Å²) in [6.45, 7) is 4.30. The summed E-state index contributed by atoms with van der Waals surface area (Å²) in [5, 5.41) is 14.5. The molecule has 206 valence electrons. The number of nitrogens with zero attached hydrogens (tertiary/aromatic N) is 6. The minimum Gasteiger partial charge on any atom is -0.379 e. The molecular weight excluding hydrogens is 526 g/mol. The van der Waals surface area contributed by atoms with Crippen LogP contribution in [0.25, 0.3) is 33.5 Å². The number of aromatic amines is 1. The number of nitrogens with one attached hydrogen (secondary N) is 1. The summed E-state index contributed by atoms with van der Waals surface area (Å²) in [4.78, 5) is 5.19. The predicted octanol–water partition coefficient (Wildman–Crippen LogP) is 4.30. The van der Waals surface area contributed by atoms with Gasteiger partial charge in [-0.1, -0.05) is 61.9 Å². The molecule has 2 aromatic heterocycles. The van der Waals surface area contributed by atoms with Crippen molar-refractivity contribution in [1.82, 2.24) is 34.5 Å². The number of fused-ring (bicyclic) bond motifs is 1. The fourth-order valence-corrected chi connectivity index (χ4v) is 6.56. The van der Waals surface area contributed by atoms with Crippen LogP contribution >= 0.6 is 0 Å². The molecule has 0 bridgehead atoms. The number of benzene rings is 3. The molecule has 0 unspecified atom stereocenters. The molecule has 6 rings (SSSR count). The van der Waals surface area contributed by atoms with Crippen LogP contribution in [-0.2, 0) is 27.7 Å². The van der Waals surface area contributed by atoms with Crippen LogP contribution in [0.1, 0.15) is 31.2 Å². The summed E-state index contributed by atoms with van der Waals surface area (Å²) in [7, 11) is -3.61. The van der Waals surface area contributed by atoms with Crippen LogP contribution in [0.15, 0.2) is 71.6 Å². The molecule has 0 spiro atoms. The normalized spacial score (nSPS) is 14.6. The van der Waals surface area contributed by atoms with Gasteiger partial charge in [0, 0.05) is 31.6 Å². The van der Waals surface area contributed by atoms with Gasteiger partial charge in [0.2, 0.25) is 15.8 Å². The van der Waals surface area contributed by atoms with E-state index in [2.05, 4.69) is 56.4 Å². The monoisotopic (exact) mass is 557 g/mol. The first-order chi connectivity index (χ1) is 19.5. The van der Waals surface area contributed by atoms with Gasteiger partial charge in [0.1, 0.15) is 5.82 Å². The number of hydrogen-bond acceptors (Lipinski definition) is 7. The van der Waals surface area contributed by atoms with Crippen molar-refractivity contribution in [2.75, 3.05) is 26.3 Å². The van der Waals surface area contributed by atoms with Gasteiger partial charge in [-0.2, -0.15) is 9.52 Å². The van der Waals surface area contributed by atoms with Crippen LogP contribution in [0.5, 0.6) is 0 Å². The summed E-state index contributed by atoms with van der Waals surface area (Å²) >= 11 is 0. The van der Waals surface area contributed by atoms with E-state index in [1.54, 1.807) is 12.1 Å². The highest BCUT2D eigenvalue weighted by atomic mass is 32.2. The van der Waals surface area contributed by atoms with E-state index in [4.69, 9.17) is 9.72 Å². The number of sulfonamides is 1. The topological polar surface area (TPSA) is 119 Å². The number of unbranched alkanes of at least 4 members (excludes halogenated alkanes) is 1. The number of morpholine rings is 1. The van der Waals surface area contributed by atoms with Crippen molar-refractivity contribution >= 4 is 21.1 Å². The Morgan fingerprint density at radius 3 is 2.48 bits per heavy atom. The van der Waals surface area contributed by atoms with E-state index in [-0.39, 0.29) is 0 Å². The van der Waals surface area contributed by atoms with Crippen molar-refractivity contribution in [2.24, 2.45) is 0 Å². The molecule has 0 radical (unpaired) electrons. The number of aryl methyl sites for hydroxylation is 1. The Balaban J connectivity index is 1.34. The van der Waals surface area contributed by atoms with Gasteiger partial charge in [0.05, 0.1) is 29.1 Å². The predicted molar refractivity (Wildman–Crippen MR) is 152 cm³/mol. The number of imidazole rings is 1. The van der Waals surface area contributed by atoms with Crippen LogP contribution in [0.3, 0.4) is 0 Å². The van der Waals surface area contributed by atoms with Crippen molar-refractivity contribution in [3.63, 3.8) is 0 Å². The minimum absolute atomic E-state index is 0.290. The Kier molecular flexibility index (Phi) is 7.42. The van der Waals surface area contributed by atoms with Crippen molar-refractivity contribution in [2.45, 2.75) is 37.6 Å². The first-order valence-electron chi connectivity index (χ1n) is 13.5. The highest BCUT2D eigenvalue weighted by molar-refractivity contribution is 7.89. The van der Waals surface area contributed by atoms with Gasteiger partial charge >= 0.3 is 0 Å². The van der Waals surface area contributed by atoms with Gasteiger partial charge in [-0.3, -0.25) is 0 Å². The molecule has 0 saturated carbocycles. The SMILES string of the molecule is CCCCc1nc2ccc(S(=O)(=O)N3CCOCC3)cc2n1Cc1ccc(-c2ccccc2-c2nn[nH]n2)cc1. The molecule has 1 saturated heterocycles. The van der Waals surface area contributed by atoms with E-state index < -0.39 is 10.0 Å². The molecular formula is C29H31N7O3S. The third kappa shape index (κ3) is 5.15. The quantitative estimate of drug-likeness (QED) is 0.287. The van der Waals surface area contributed by atoms with Gasteiger partial charge < -0.3 is 9.30 Å². The molecule has 0 aliphatic carbocycles. The second kappa shape index (κ2) is 11.3. The Hall–Kier alpha value is -3.93. The standard InChI is InChI=1S/C29H31N7O3S/c1-2-3-8-28-30-26-14-13-23(40(37,38)35-15-17-39-18-16-35)19-27(26)36(28)20-21-9-11-22(12-10-21)24-6-4-5-7-25(24)29-31-33-34-32-29/h4-7,9-14,19H,2-3,8,15-18,20H2,1H3,(H,31,32,33,34). The van der Waals surface area contributed by atoms with Crippen molar-refractivity contribution in [3.05, 3.63) is 78.1 Å². The van der Waals surface area contributed by atoms with Crippen LogP contribution in [-0.4, -0.2) is 69.2 Å². The summed E-state index contributed by atoms with van der Waals surface area (Å²) < 4.78 is 35.8. The molecule has 3 aromatic carbocycles. The lowest BCUT2D eigenvalue weighted by molar-refractivity contribution is 0.0730. The van der Waals surface area contributed by atoms with Crippen molar-refractivity contribution in [1.29, 1.82) is 0 Å². The van der Waals surface area contributed by atoms with Crippen LogP contribution in [0, 0.1) is 0 Å². The molecule has 40 heavy (non-hydrogen) atoms. The maximum absolute atomic E-state index is 13.4. The zero-order chi connectivity index (χ0) is 27.5. The van der Waals surface area contributed by atoms with Crippen LogP contribution in [0.2, 0.25) is 0 Å². The number of tetrazole rings is 1. The smallest absolute Gasteiger partial charge is 0.243 e. The molecule has 11 heteroatoms. The summed E-state index contributed by atoms with van der Waals surface area (Å²) in [5.74, 6) is 1.51. The maximum atomic E-state index is 13.4. The Morgan fingerprint density at radius 1 is 0.975 bits per heavy atom. The van der Waals surface area contributed by atoms with Gasteiger partial charge in [0.25, 0.3) is 0 Å². The minimum atomic E-state index is -3.61. The van der Waals surface area contributed by atoms with Gasteiger partial charge in [-0.05, 0) is 46.5 Å². The second-order valence-corrected chi connectivity index (χ2v) is 11.8. The second-order valence-electron chi connectivity index (χ2n) is 9.86. The molecule has 1 fully saturated rings. The third-order valence-electron chi connectivity index (χ3n) is 7.28. The third-order valence-corrected chi connectivity index (χ3v) is 9.17. The maximum Gasteiger partial charge on any atom is 0.243 e. The number of ether oxygens (including phenoxy) is 1. The Bertz CT molecular complexity index is 1710. The fraction of sp³-hybridized carbons (Fsp3) is 0.310. The fourth-order valence-electron chi connectivity index (χ4n) is 5.13. The molecule has 0 amide bonds. The summed E-state index contributed by atoms with van der Waals surface area (Å²) in [6.07, 6.45) is 2.88. The van der Waals surface area contributed by atoms with Gasteiger partial charge in [-0.15, -0.1) is 10.2 Å². The molecule has 1 aliphatic rings. The highest BCUT2D eigenvalue weighted by Gasteiger charge is 2.27. The van der Waals surface area contributed by atoms with Crippen molar-refractivity contribution in [3.8, 4) is 22.5 Å². The van der Waals surface area contributed by atoms with Crippen molar-refractivity contribution < 1.29 is 13.2 Å². The zero-order valence-electron chi connectivity index (χ0n) is 22.3. The first-order valence-corrected chi connectivity index (χ1v) is 15.0.